The van der Waals surface area contributed by atoms with Gasteiger partial charge < -0.3 is 15.2 Å². The van der Waals surface area contributed by atoms with E-state index in [9.17, 15) is 19.5 Å². The molecule has 0 radical (unpaired) electrons. The number of aryl methyl sites for hydroxylation is 1. The largest absolute Gasteiger partial charge is 0.477 e. The SMILES string of the molecule is CC(=O)OCC1=C(C(=O)O)N2C(=O)[C@H](Nc3nc(C)cs3)[C@@H]2SC1. The lowest BCUT2D eigenvalue weighted by atomic mass is 10.0. The molecular formula is C14H15N3O5S2. The van der Waals surface area contributed by atoms with Crippen LogP contribution in [0.25, 0.3) is 0 Å². The van der Waals surface area contributed by atoms with Crippen LogP contribution < -0.4 is 5.32 Å². The smallest absolute Gasteiger partial charge is 0.352 e. The molecule has 1 fully saturated rings. The van der Waals surface area contributed by atoms with E-state index in [-0.39, 0.29) is 23.6 Å². The molecule has 2 aliphatic heterocycles. The van der Waals surface area contributed by atoms with Gasteiger partial charge in [-0.25, -0.2) is 9.78 Å². The monoisotopic (exact) mass is 369 g/mol. The Morgan fingerprint density at radius 3 is 2.88 bits per heavy atom. The molecule has 0 unspecified atom stereocenters. The van der Waals surface area contributed by atoms with Crippen LogP contribution in [0.3, 0.4) is 0 Å². The Hall–Kier alpha value is -2.07. The van der Waals surface area contributed by atoms with E-state index in [4.69, 9.17) is 4.74 Å². The number of thiazole rings is 1. The quantitative estimate of drug-likeness (QED) is 0.586. The zero-order valence-electron chi connectivity index (χ0n) is 12.9. The van der Waals surface area contributed by atoms with E-state index in [1.165, 1.54) is 34.9 Å². The van der Waals surface area contributed by atoms with Gasteiger partial charge in [0.2, 0.25) is 0 Å². The number of carboxylic acid groups (broad SMARTS) is 1. The van der Waals surface area contributed by atoms with Crippen molar-refractivity contribution >= 4 is 46.1 Å². The molecule has 0 aliphatic carbocycles. The number of ether oxygens (including phenoxy) is 1. The van der Waals surface area contributed by atoms with Crippen LogP contribution in [-0.4, -0.2) is 56.6 Å². The van der Waals surface area contributed by atoms with Gasteiger partial charge in [-0.3, -0.25) is 14.5 Å². The van der Waals surface area contributed by atoms with Gasteiger partial charge in [-0.05, 0) is 6.92 Å². The van der Waals surface area contributed by atoms with Gasteiger partial charge in [0.1, 0.15) is 23.7 Å². The maximum Gasteiger partial charge on any atom is 0.352 e. The first-order valence-corrected chi connectivity index (χ1v) is 9.03. The number of β-lactam (4-membered cyclic amide) rings is 1. The first-order valence-electron chi connectivity index (χ1n) is 7.10. The highest BCUT2D eigenvalue weighted by molar-refractivity contribution is 8.00. The number of fused-ring (bicyclic) bond motifs is 1. The molecule has 0 spiro atoms. The second-order valence-corrected chi connectivity index (χ2v) is 7.33. The minimum atomic E-state index is -1.20. The van der Waals surface area contributed by atoms with Crippen molar-refractivity contribution in [3.8, 4) is 0 Å². The summed E-state index contributed by atoms with van der Waals surface area (Å²) in [7, 11) is 0. The number of carbonyl (C=O) groups excluding carboxylic acids is 2. The summed E-state index contributed by atoms with van der Waals surface area (Å²) in [5.74, 6) is -1.62. The third-order valence-electron chi connectivity index (χ3n) is 3.60. The lowest BCUT2D eigenvalue weighted by Crippen LogP contribution is -2.67. The van der Waals surface area contributed by atoms with Crippen LogP contribution in [0, 0.1) is 6.92 Å². The Balaban J connectivity index is 1.78. The van der Waals surface area contributed by atoms with E-state index in [0.29, 0.717) is 16.5 Å². The molecule has 1 amide bonds. The summed E-state index contributed by atoms with van der Waals surface area (Å²) < 4.78 is 4.89. The van der Waals surface area contributed by atoms with E-state index >= 15 is 0 Å². The number of aromatic nitrogens is 1. The highest BCUT2D eigenvalue weighted by Crippen LogP contribution is 2.41. The van der Waals surface area contributed by atoms with Gasteiger partial charge >= 0.3 is 11.9 Å². The van der Waals surface area contributed by atoms with Gasteiger partial charge in [0.15, 0.2) is 5.13 Å². The summed E-state index contributed by atoms with van der Waals surface area (Å²) in [4.78, 5) is 40.5. The van der Waals surface area contributed by atoms with E-state index < -0.39 is 18.0 Å². The minimum absolute atomic E-state index is 0.0848. The van der Waals surface area contributed by atoms with Crippen LogP contribution >= 0.6 is 23.1 Å². The van der Waals surface area contributed by atoms with Gasteiger partial charge in [0.05, 0.1) is 5.69 Å². The number of carboxylic acids is 1. The van der Waals surface area contributed by atoms with E-state index in [1.54, 1.807) is 0 Å². The van der Waals surface area contributed by atoms with Crippen LogP contribution in [0.1, 0.15) is 12.6 Å². The number of hydrogen-bond acceptors (Lipinski definition) is 8. The molecule has 8 nitrogen and oxygen atoms in total. The molecule has 10 heteroatoms. The normalized spacial score (nSPS) is 22.8. The van der Waals surface area contributed by atoms with Crippen molar-refractivity contribution in [1.29, 1.82) is 0 Å². The zero-order valence-corrected chi connectivity index (χ0v) is 14.6. The summed E-state index contributed by atoms with van der Waals surface area (Å²) in [6.45, 7) is 2.99. The summed E-state index contributed by atoms with van der Waals surface area (Å²) in [6.07, 6.45) is 0. The Kier molecular flexibility index (Phi) is 4.50. The van der Waals surface area contributed by atoms with Crippen LogP contribution in [0.4, 0.5) is 5.13 Å². The molecule has 128 valence electrons. The number of esters is 1. The first kappa shape index (κ1) is 16.8. The number of amides is 1. The van der Waals surface area contributed by atoms with Crippen LogP contribution in [-0.2, 0) is 19.1 Å². The second-order valence-electron chi connectivity index (χ2n) is 5.36. The van der Waals surface area contributed by atoms with E-state index in [0.717, 1.165) is 5.69 Å². The topological polar surface area (TPSA) is 109 Å². The maximum atomic E-state index is 12.4. The minimum Gasteiger partial charge on any atom is -0.477 e. The van der Waals surface area contributed by atoms with Crippen molar-refractivity contribution in [2.45, 2.75) is 25.3 Å². The Bertz CT molecular complexity index is 745. The average molecular weight is 369 g/mol. The highest BCUT2D eigenvalue weighted by Gasteiger charge is 2.53. The molecule has 1 aromatic heterocycles. The lowest BCUT2D eigenvalue weighted by molar-refractivity contribution is -0.147. The first-order chi connectivity index (χ1) is 11.4. The lowest BCUT2D eigenvalue weighted by Gasteiger charge is -2.49. The van der Waals surface area contributed by atoms with Crippen molar-refractivity contribution < 1.29 is 24.2 Å². The standard InChI is InChI=1S/C14H15N3O5S2/c1-6-4-24-14(15-6)16-9-11(19)17-10(13(20)21)8(3-22-7(2)18)5-23-12(9)17/h4,9,12H,3,5H2,1-2H3,(H,15,16)(H,20,21)/t9-,12-/m0/s1. The van der Waals surface area contributed by atoms with Gasteiger partial charge in [0.25, 0.3) is 5.91 Å². The number of nitrogens with zero attached hydrogens (tertiary/aromatic N) is 2. The maximum absolute atomic E-state index is 12.4. The van der Waals surface area contributed by atoms with Crippen LogP contribution in [0.2, 0.25) is 0 Å². The highest BCUT2D eigenvalue weighted by atomic mass is 32.2. The number of aliphatic carboxylic acids is 1. The molecular weight excluding hydrogens is 354 g/mol. The average Bonchev–Trinajstić information content (AvgIpc) is 2.94. The fourth-order valence-corrected chi connectivity index (χ4v) is 4.59. The van der Waals surface area contributed by atoms with Crippen LogP contribution in [0.5, 0.6) is 0 Å². The number of thioether (sulfide) groups is 1. The predicted molar refractivity (Wildman–Crippen MR) is 88.6 cm³/mol. The summed E-state index contributed by atoms with van der Waals surface area (Å²) in [6, 6.07) is -0.509. The van der Waals surface area contributed by atoms with Gasteiger partial charge in [0, 0.05) is 23.6 Å². The molecule has 24 heavy (non-hydrogen) atoms. The van der Waals surface area contributed by atoms with E-state index in [2.05, 4.69) is 10.3 Å². The van der Waals surface area contributed by atoms with Gasteiger partial charge in [-0.2, -0.15) is 0 Å². The molecule has 0 saturated carbocycles. The molecule has 0 aromatic carbocycles. The number of nitrogens with one attached hydrogen (secondary N) is 1. The number of rotatable bonds is 5. The Morgan fingerprint density at radius 1 is 1.54 bits per heavy atom. The van der Waals surface area contributed by atoms with Crippen molar-refractivity contribution in [2.75, 3.05) is 17.7 Å². The van der Waals surface area contributed by atoms with E-state index in [1.807, 2.05) is 12.3 Å². The summed E-state index contributed by atoms with van der Waals surface area (Å²) in [5, 5.41) is 14.7. The molecule has 2 atom stereocenters. The van der Waals surface area contributed by atoms with Gasteiger partial charge in [-0.15, -0.1) is 23.1 Å². The molecule has 2 N–H and O–H groups in total. The Labute approximate surface area is 145 Å². The number of carbonyl (C=O) groups is 3. The van der Waals surface area contributed by atoms with Crippen LogP contribution in [0.15, 0.2) is 16.7 Å². The Morgan fingerprint density at radius 2 is 2.29 bits per heavy atom. The van der Waals surface area contributed by atoms with Crippen molar-refractivity contribution in [2.24, 2.45) is 0 Å². The molecule has 1 saturated heterocycles. The summed E-state index contributed by atoms with van der Waals surface area (Å²) in [5.41, 5.74) is 1.20. The molecule has 2 aliphatic rings. The third-order valence-corrected chi connectivity index (χ3v) is 5.83. The van der Waals surface area contributed by atoms with Crippen molar-refractivity contribution in [3.63, 3.8) is 0 Å². The number of anilines is 1. The van der Waals surface area contributed by atoms with Gasteiger partial charge in [-0.1, -0.05) is 0 Å². The fourth-order valence-electron chi connectivity index (χ4n) is 2.54. The molecule has 3 heterocycles. The molecule has 0 bridgehead atoms. The number of hydrogen-bond donors (Lipinski definition) is 2. The van der Waals surface area contributed by atoms with Crippen molar-refractivity contribution in [3.05, 3.63) is 22.3 Å². The fraction of sp³-hybridized carbons (Fsp3) is 0.429. The third kappa shape index (κ3) is 2.98. The predicted octanol–water partition coefficient (Wildman–Crippen LogP) is 1.05. The molecule has 3 rings (SSSR count). The van der Waals surface area contributed by atoms with Crippen molar-refractivity contribution in [1.82, 2.24) is 9.88 Å². The summed E-state index contributed by atoms with van der Waals surface area (Å²) >= 11 is 2.84. The second kappa shape index (κ2) is 6.44. The zero-order chi connectivity index (χ0) is 17.4. The molecule has 1 aromatic rings.